The molecule has 0 aliphatic carbocycles. The van der Waals surface area contributed by atoms with Crippen molar-refractivity contribution < 1.29 is 39.8 Å². The first-order chi connectivity index (χ1) is 25.7. The summed E-state index contributed by atoms with van der Waals surface area (Å²) in [6.07, 6.45) is 29.7. The summed E-state index contributed by atoms with van der Waals surface area (Å²) in [5, 5.41) is 54.1. The van der Waals surface area contributed by atoms with Crippen molar-refractivity contribution in [2.24, 2.45) is 5.92 Å². The number of unbranched alkanes of at least 4 members (excludes halogenated alkanes) is 23. The van der Waals surface area contributed by atoms with Crippen molar-refractivity contribution in [3.8, 4) is 0 Å². The van der Waals surface area contributed by atoms with Gasteiger partial charge in [-0.3, -0.25) is 4.79 Å². The Morgan fingerprint density at radius 1 is 0.698 bits per heavy atom. The van der Waals surface area contributed by atoms with Crippen LogP contribution in [0.3, 0.4) is 0 Å². The molecule has 9 heteroatoms. The first-order valence-electron chi connectivity index (χ1n) is 22.3. The minimum absolute atomic E-state index is 0.176. The van der Waals surface area contributed by atoms with E-state index >= 15 is 0 Å². The van der Waals surface area contributed by atoms with E-state index in [9.17, 15) is 30.3 Å². The summed E-state index contributed by atoms with van der Waals surface area (Å²) < 4.78 is 11.2. The highest BCUT2D eigenvalue weighted by Gasteiger charge is 2.44. The van der Waals surface area contributed by atoms with E-state index < -0.39 is 49.5 Å². The Morgan fingerprint density at radius 3 is 1.70 bits per heavy atom. The van der Waals surface area contributed by atoms with Gasteiger partial charge in [-0.05, 0) is 25.2 Å². The van der Waals surface area contributed by atoms with Crippen LogP contribution in [0.2, 0.25) is 0 Å². The zero-order valence-electron chi connectivity index (χ0n) is 34.4. The van der Waals surface area contributed by atoms with Crippen LogP contribution in [-0.4, -0.2) is 87.5 Å². The number of allylic oxidation sites excluding steroid dienone is 1. The molecule has 314 valence electrons. The number of rotatable bonds is 36. The second-order valence-electron chi connectivity index (χ2n) is 16.1. The van der Waals surface area contributed by atoms with Crippen molar-refractivity contribution in [1.29, 1.82) is 0 Å². The number of carbonyl (C=O) groups is 1. The molecular weight excluding hydrogens is 670 g/mol. The third-order valence-corrected chi connectivity index (χ3v) is 11.2. The molecule has 0 spiro atoms. The molecule has 1 fully saturated rings. The van der Waals surface area contributed by atoms with Crippen LogP contribution >= 0.6 is 0 Å². The molecule has 0 radical (unpaired) electrons. The predicted octanol–water partition coefficient (Wildman–Crippen LogP) is 8.80. The number of hydrogen-bond donors (Lipinski definition) is 6. The Hall–Kier alpha value is -1.07. The summed E-state index contributed by atoms with van der Waals surface area (Å²) in [6.45, 7) is 6.10. The predicted molar refractivity (Wildman–Crippen MR) is 217 cm³/mol. The lowest BCUT2D eigenvalue weighted by Gasteiger charge is -2.40. The summed E-state index contributed by atoms with van der Waals surface area (Å²) in [6, 6.07) is -0.799. The van der Waals surface area contributed by atoms with Crippen LogP contribution in [-0.2, 0) is 14.3 Å². The van der Waals surface area contributed by atoms with Crippen LogP contribution in [0.1, 0.15) is 201 Å². The third-order valence-electron chi connectivity index (χ3n) is 11.2. The highest BCUT2D eigenvalue weighted by atomic mass is 16.7. The molecule has 0 aromatic heterocycles. The molecular formula is C44H85NO8. The van der Waals surface area contributed by atoms with Gasteiger partial charge in [-0.2, -0.15) is 0 Å². The van der Waals surface area contributed by atoms with Gasteiger partial charge in [0, 0.05) is 6.42 Å². The average molecular weight is 756 g/mol. The minimum atomic E-state index is -1.56. The normalized spacial score (nSPS) is 22.3. The standard InChI is InChI=1S/C44H85NO8/c1-4-6-7-8-9-10-11-12-13-14-15-16-17-18-19-24-27-30-33-40(48)45-37(35-52-44-43(51)42(50)41(49)39(34-46)53-44)38(47)32-29-26-23-21-20-22-25-28-31-36(3)5-2/h29,32,36-39,41-44,46-47,49-51H,4-28,30-31,33-35H2,1-3H3,(H,45,48)/b32-29+/t36?,37-,38+,39+,41+,42-,43+,44+/m0/s1. The smallest absolute Gasteiger partial charge is 0.220 e. The number of ether oxygens (including phenoxy) is 2. The summed E-state index contributed by atoms with van der Waals surface area (Å²) >= 11 is 0. The lowest BCUT2D eigenvalue weighted by molar-refractivity contribution is -0.302. The van der Waals surface area contributed by atoms with Gasteiger partial charge in [0.05, 0.1) is 25.4 Å². The molecule has 9 nitrogen and oxygen atoms in total. The molecule has 1 aliphatic rings. The van der Waals surface area contributed by atoms with Gasteiger partial charge >= 0.3 is 0 Å². The van der Waals surface area contributed by atoms with Gasteiger partial charge in [0.2, 0.25) is 5.91 Å². The van der Waals surface area contributed by atoms with Gasteiger partial charge in [0.25, 0.3) is 0 Å². The van der Waals surface area contributed by atoms with E-state index in [4.69, 9.17) is 9.47 Å². The Bertz CT molecular complexity index is 857. The van der Waals surface area contributed by atoms with E-state index in [-0.39, 0.29) is 12.5 Å². The van der Waals surface area contributed by atoms with E-state index in [1.54, 1.807) is 6.08 Å². The molecule has 1 saturated heterocycles. The Morgan fingerprint density at radius 2 is 1.19 bits per heavy atom. The van der Waals surface area contributed by atoms with Crippen LogP contribution in [0.5, 0.6) is 0 Å². The SMILES string of the molecule is CCCCCCCCCCCCCCCCCCCCC(=O)N[C@@H](CO[C@@H]1O[C@H](CO)[C@@H](O)[C@H](O)[C@H]1O)[C@H](O)/C=C/CCCCCCCCC(C)CC. The van der Waals surface area contributed by atoms with Crippen molar-refractivity contribution >= 4 is 5.91 Å². The summed E-state index contributed by atoms with van der Waals surface area (Å²) in [7, 11) is 0. The van der Waals surface area contributed by atoms with Gasteiger partial charge < -0.3 is 40.3 Å². The van der Waals surface area contributed by atoms with Crippen molar-refractivity contribution in [3.05, 3.63) is 12.2 Å². The second kappa shape index (κ2) is 34.2. The number of hydrogen-bond acceptors (Lipinski definition) is 8. The van der Waals surface area contributed by atoms with Crippen LogP contribution in [0.15, 0.2) is 12.2 Å². The molecule has 1 aliphatic heterocycles. The molecule has 0 saturated carbocycles. The monoisotopic (exact) mass is 756 g/mol. The van der Waals surface area contributed by atoms with E-state index in [1.807, 2.05) is 6.08 Å². The summed E-state index contributed by atoms with van der Waals surface area (Å²) in [5.41, 5.74) is 0. The lowest BCUT2D eigenvalue weighted by Crippen LogP contribution is -2.60. The first-order valence-corrected chi connectivity index (χ1v) is 22.3. The third kappa shape index (κ3) is 25.7. The molecule has 53 heavy (non-hydrogen) atoms. The zero-order chi connectivity index (χ0) is 38.9. The van der Waals surface area contributed by atoms with E-state index in [0.717, 1.165) is 44.4 Å². The maximum absolute atomic E-state index is 12.9. The Labute approximate surface area is 325 Å². The number of aliphatic hydroxyl groups is 5. The maximum Gasteiger partial charge on any atom is 0.220 e. The number of aliphatic hydroxyl groups excluding tert-OH is 5. The molecule has 8 atom stereocenters. The lowest BCUT2D eigenvalue weighted by atomic mass is 9.99. The molecule has 0 aromatic carbocycles. The van der Waals surface area contributed by atoms with Crippen LogP contribution < -0.4 is 5.32 Å². The molecule has 1 amide bonds. The number of carbonyl (C=O) groups excluding carboxylic acids is 1. The van der Waals surface area contributed by atoms with E-state index in [0.29, 0.717) is 6.42 Å². The molecule has 1 unspecified atom stereocenters. The molecule has 1 heterocycles. The van der Waals surface area contributed by atoms with Crippen LogP contribution in [0.4, 0.5) is 0 Å². The molecule has 6 N–H and O–H groups in total. The molecule has 0 bridgehead atoms. The zero-order valence-corrected chi connectivity index (χ0v) is 34.4. The van der Waals surface area contributed by atoms with Crippen molar-refractivity contribution in [2.75, 3.05) is 13.2 Å². The second-order valence-corrected chi connectivity index (χ2v) is 16.1. The first kappa shape index (κ1) is 49.9. The van der Waals surface area contributed by atoms with Gasteiger partial charge in [-0.15, -0.1) is 0 Å². The number of amides is 1. The van der Waals surface area contributed by atoms with Crippen LogP contribution in [0, 0.1) is 5.92 Å². The maximum atomic E-state index is 12.9. The Kier molecular flexibility index (Phi) is 32.2. The topological polar surface area (TPSA) is 149 Å². The molecule has 1 rings (SSSR count). The fourth-order valence-corrected chi connectivity index (χ4v) is 7.13. The highest BCUT2D eigenvalue weighted by Crippen LogP contribution is 2.23. The van der Waals surface area contributed by atoms with Gasteiger partial charge in [-0.1, -0.05) is 187 Å². The highest BCUT2D eigenvalue weighted by molar-refractivity contribution is 5.76. The van der Waals surface area contributed by atoms with Crippen molar-refractivity contribution in [3.63, 3.8) is 0 Å². The number of nitrogens with one attached hydrogen (secondary N) is 1. The minimum Gasteiger partial charge on any atom is -0.394 e. The fourth-order valence-electron chi connectivity index (χ4n) is 7.13. The van der Waals surface area contributed by atoms with Gasteiger partial charge in [0.15, 0.2) is 6.29 Å². The van der Waals surface area contributed by atoms with Crippen molar-refractivity contribution in [1.82, 2.24) is 5.32 Å². The Balaban J connectivity index is 2.35. The van der Waals surface area contributed by atoms with Crippen molar-refractivity contribution in [2.45, 2.75) is 243 Å². The van der Waals surface area contributed by atoms with Gasteiger partial charge in [0.1, 0.15) is 24.4 Å². The average Bonchev–Trinajstić information content (AvgIpc) is 3.16. The van der Waals surface area contributed by atoms with E-state index in [2.05, 4.69) is 26.1 Å². The molecule has 0 aromatic rings. The van der Waals surface area contributed by atoms with E-state index in [1.165, 1.54) is 135 Å². The quantitative estimate of drug-likeness (QED) is 0.0275. The van der Waals surface area contributed by atoms with Gasteiger partial charge in [-0.25, -0.2) is 0 Å². The largest absolute Gasteiger partial charge is 0.394 e. The summed E-state index contributed by atoms with van der Waals surface area (Å²) in [4.78, 5) is 12.9. The fraction of sp³-hybridized carbons (Fsp3) is 0.932. The summed E-state index contributed by atoms with van der Waals surface area (Å²) in [5.74, 6) is 0.640. The van der Waals surface area contributed by atoms with Crippen LogP contribution in [0.25, 0.3) is 0 Å².